The quantitative estimate of drug-likeness (QED) is 0.573. The lowest BCUT2D eigenvalue weighted by Crippen LogP contribution is -2.50. The number of esters is 1. The molecule has 0 unspecified atom stereocenters. The van der Waals surface area contributed by atoms with Crippen molar-refractivity contribution in [3.8, 4) is 0 Å². The first-order valence-corrected chi connectivity index (χ1v) is 6.57. The van der Waals surface area contributed by atoms with E-state index in [0.717, 1.165) is 19.3 Å². The predicted octanol–water partition coefficient (Wildman–Crippen LogP) is 2.83. The van der Waals surface area contributed by atoms with Gasteiger partial charge in [-0.3, -0.25) is 4.79 Å². The molecule has 2 atom stereocenters. The topological polar surface area (TPSA) is 46.5 Å². The summed E-state index contributed by atoms with van der Waals surface area (Å²) in [5.74, 6) is -0.233. The molecule has 0 spiro atoms. The van der Waals surface area contributed by atoms with Gasteiger partial charge in [-0.25, -0.2) is 0 Å². The Labute approximate surface area is 104 Å². The second kappa shape index (κ2) is 5.67. The van der Waals surface area contributed by atoms with Gasteiger partial charge in [0, 0.05) is 0 Å². The molecule has 0 aromatic rings. The van der Waals surface area contributed by atoms with Crippen molar-refractivity contribution in [3.05, 3.63) is 12.7 Å². The average molecular weight is 240 g/mol. The van der Waals surface area contributed by atoms with Crippen molar-refractivity contribution >= 4 is 5.97 Å². The lowest BCUT2D eigenvalue weighted by Gasteiger charge is -2.39. The van der Waals surface area contributed by atoms with Crippen LogP contribution in [-0.2, 0) is 9.53 Å². The molecule has 0 saturated heterocycles. The van der Waals surface area contributed by atoms with Crippen LogP contribution in [0.5, 0.6) is 0 Å². The van der Waals surface area contributed by atoms with Crippen molar-refractivity contribution in [2.24, 2.45) is 5.41 Å². The molecule has 0 aliphatic heterocycles. The second-order valence-corrected chi connectivity index (χ2v) is 4.93. The third kappa shape index (κ3) is 2.39. The van der Waals surface area contributed by atoms with E-state index < -0.39 is 11.0 Å². The summed E-state index contributed by atoms with van der Waals surface area (Å²) in [6.45, 7) is 7.90. The van der Waals surface area contributed by atoms with Gasteiger partial charge in [0.1, 0.15) is 0 Å². The summed E-state index contributed by atoms with van der Waals surface area (Å²) >= 11 is 0. The maximum absolute atomic E-state index is 12.2. The average Bonchev–Trinajstić information content (AvgIpc) is 2.59. The second-order valence-electron chi connectivity index (χ2n) is 4.93. The van der Waals surface area contributed by atoms with Crippen LogP contribution in [0.25, 0.3) is 0 Å². The molecular weight excluding hydrogens is 216 g/mol. The number of hydrogen-bond donors (Lipinski definition) is 1. The Kier molecular flexibility index (Phi) is 4.75. The molecule has 0 amide bonds. The maximum atomic E-state index is 12.2. The first-order valence-electron chi connectivity index (χ1n) is 6.57. The molecule has 1 rings (SSSR count). The summed E-state index contributed by atoms with van der Waals surface area (Å²) in [4.78, 5) is 12.2. The van der Waals surface area contributed by atoms with Crippen LogP contribution in [0.3, 0.4) is 0 Å². The number of rotatable bonds is 6. The Hall–Kier alpha value is -0.830. The molecule has 1 aliphatic rings. The number of carbonyl (C=O) groups excluding carboxylic acids is 1. The van der Waals surface area contributed by atoms with Crippen LogP contribution >= 0.6 is 0 Å². The van der Waals surface area contributed by atoms with E-state index >= 15 is 0 Å². The van der Waals surface area contributed by atoms with E-state index in [1.54, 1.807) is 13.0 Å². The molecule has 0 heterocycles. The fraction of sp³-hybridized carbons (Fsp3) is 0.786. The van der Waals surface area contributed by atoms with Gasteiger partial charge < -0.3 is 9.84 Å². The van der Waals surface area contributed by atoms with E-state index in [1.807, 2.05) is 6.92 Å². The SMILES string of the molecule is C=CC[C@@]1(O)CCC[C@@]1(CCC)C(=O)OCC. The van der Waals surface area contributed by atoms with Gasteiger partial charge in [-0.05, 0) is 39.0 Å². The van der Waals surface area contributed by atoms with Crippen molar-refractivity contribution in [1.29, 1.82) is 0 Å². The summed E-state index contributed by atoms with van der Waals surface area (Å²) in [5, 5.41) is 10.8. The van der Waals surface area contributed by atoms with Gasteiger partial charge in [-0.15, -0.1) is 6.58 Å². The van der Waals surface area contributed by atoms with Crippen molar-refractivity contribution in [2.45, 2.75) is 58.0 Å². The Morgan fingerprint density at radius 1 is 1.47 bits per heavy atom. The van der Waals surface area contributed by atoms with E-state index in [1.165, 1.54) is 0 Å². The molecule has 1 N–H and O–H groups in total. The first kappa shape index (κ1) is 14.2. The number of ether oxygens (including phenoxy) is 1. The van der Waals surface area contributed by atoms with E-state index in [4.69, 9.17) is 4.74 Å². The molecule has 1 aliphatic carbocycles. The van der Waals surface area contributed by atoms with E-state index in [2.05, 4.69) is 6.58 Å². The zero-order chi connectivity index (χ0) is 12.9. The fourth-order valence-electron chi connectivity index (χ4n) is 3.14. The minimum atomic E-state index is -0.961. The minimum absolute atomic E-state index is 0.233. The van der Waals surface area contributed by atoms with Gasteiger partial charge in [-0.2, -0.15) is 0 Å². The molecule has 0 aromatic heterocycles. The zero-order valence-electron chi connectivity index (χ0n) is 11.0. The molecular formula is C14H24O3. The zero-order valence-corrected chi connectivity index (χ0v) is 11.0. The largest absolute Gasteiger partial charge is 0.465 e. The van der Waals surface area contributed by atoms with Gasteiger partial charge in [0.05, 0.1) is 17.6 Å². The minimum Gasteiger partial charge on any atom is -0.465 e. The molecule has 3 heteroatoms. The highest BCUT2D eigenvalue weighted by atomic mass is 16.5. The smallest absolute Gasteiger partial charge is 0.315 e. The summed E-state index contributed by atoms with van der Waals surface area (Å²) < 4.78 is 5.19. The number of carbonyl (C=O) groups is 1. The van der Waals surface area contributed by atoms with E-state index in [-0.39, 0.29) is 5.97 Å². The molecule has 17 heavy (non-hydrogen) atoms. The van der Waals surface area contributed by atoms with E-state index in [0.29, 0.717) is 25.9 Å². The van der Waals surface area contributed by atoms with Crippen LogP contribution in [0, 0.1) is 5.41 Å². The third-order valence-electron chi connectivity index (χ3n) is 3.91. The lowest BCUT2D eigenvalue weighted by molar-refractivity contribution is -0.172. The van der Waals surface area contributed by atoms with Crippen LogP contribution in [0.2, 0.25) is 0 Å². The molecule has 1 saturated carbocycles. The number of aliphatic hydroxyl groups is 1. The summed E-state index contributed by atoms with van der Waals surface area (Å²) in [6.07, 6.45) is 6.00. The van der Waals surface area contributed by atoms with Crippen LogP contribution < -0.4 is 0 Å². The molecule has 3 nitrogen and oxygen atoms in total. The molecule has 1 fully saturated rings. The van der Waals surface area contributed by atoms with E-state index in [9.17, 15) is 9.90 Å². The van der Waals surface area contributed by atoms with Crippen LogP contribution in [0.1, 0.15) is 52.4 Å². The van der Waals surface area contributed by atoms with Crippen LogP contribution in [-0.4, -0.2) is 23.3 Å². The van der Waals surface area contributed by atoms with Gasteiger partial charge in [0.25, 0.3) is 0 Å². The summed E-state index contributed by atoms with van der Waals surface area (Å²) in [6, 6.07) is 0. The molecule has 0 aromatic carbocycles. The normalized spacial score (nSPS) is 32.4. The molecule has 98 valence electrons. The third-order valence-corrected chi connectivity index (χ3v) is 3.91. The maximum Gasteiger partial charge on any atom is 0.315 e. The highest BCUT2D eigenvalue weighted by Crippen LogP contribution is 2.52. The highest BCUT2D eigenvalue weighted by Gasteiger charge is 2.58. The van der Waals surface area contributed by atoms with Crippen LogP contribution in [0.4, 0.5) is 0 Å². The Bertz CT molecular complexity index is 287. The first-order chi connectivity index (χ1) is 8.06. The standard InChI is InChI=1S/C14H24O3/c1-4-8-13(12(15)17-6-3)10-7-11-14(13,16)9-5-2/h5,16H,2,4,6-11H2,1,3H3/t13-,14+/m0/s1. The Morgan fingerprint density at radius 3 is 2.71 bits per heavy atom. The van der Waals surface area contributed by atoms with Gasteiger partial charge >= 0.3 is 5.97 Å². The Morgan fingerprint density at radius 2 is 2.18 bits per heavy atom. The monoisotopic (exact) mass is 240 g/mol. The van der Waals surface area contributed by atoms with Crippen LogP contribution in [0.15, 0.2) is 12.7 Å². The Balaban J connectivity index is 3.03. The summed E-state index contributed by atoms with van der Waals surface area (Å²) in [5.41, 5.74) is -1.68. The molecule has 0 radical (unpaired) electrons. The lowest BCUT2D eigenvalue weighted by atomic mass is 9.69. The highest BCUT2D eigenvalue weighted by molar-refractivity contribution is 5.79. The van der Waals surface area contributed by atoms with Crippen molar-refractivity contribution in [1.82, 2.24) is 0 Å². The van der Waals surface area contributed by atoms with Crippen molar-refractivity contribution in [2.75, 3.05) is 6.61 Å². The van der Waals surface area contributed by atoms with Crippen molar-refractivity contribution < 1.29 is 14.6 Å². The number of hydrogen-bond acceptors (Lipinski definition) is 3. The van der Waals surface area contributed by atoms with Crippen molar-refractivity contribution in [3.63, 3.8) is 0 Å². The molecule has 0 bridgehead atoms. The predicted molar refractivity (Wildman–Crippen MR) is 67.6 cm³/mol. The van der Waals surface area contributed by atoms with Gasteiger partial charge in [0.2, 0.25) is 0 Å². The summed E-state index contributed by atoms with van der Waals surface area (Å²) in [7, 11) is 0. The van der Waals surface area contributed by atoms with Gasteiger partial charge in [-0.1, -0.05) is 19.4 Å². The fourth-order valence-corrected chi connectivity index (χ4v) is 3.14. The van der Waals surface area contributed by atoms with Gasteiger partial charge in [0.15, 0.2) is 0 Å².